The SMILES string of the molecule is C=CCN1CC(=O)N2[C@@H](Cc3ccc(O)cc3)C(=O)N(Cc3cccc4c(-c5cccc(C(=O)N6CCN(C)CC6)c5)cn(C)c34)C[C@@H]2N1C(=O)NCc1ccccc1. The monoisotopic (exact) mass is 794 g/mol. The number of piperazine rings is 2. The lowest BCUT2D eigenvalue weighted by Crippen LogP contribution is -2.76. The van der Waals surface area contributed by atoms with Gasteiger partial charge in [0.15, 0.2) is 0 Å². The van der Waals surface area contributed by atoms with Crippen molar-refractivity contribution in [1.82, 2.24) is 39.5 Å². The molecule has 0 unspecified atom stereocenters. The fraction of sp³-hybridized carbons (Fsp3) is 0.304. The number of carbonyl (C=O) groups excluding carboxylic acids is 4. The van der Waals surface area contributed by atoms with Crippen LogP contribution in [-0.4, -0.2) is 128 Å². The molecule has 59 heavy (non-hydrogen) atoms. The van der Waals surface area contributed by atoms with E-state index in [-0.39, 0.29) is 62.6 Å². The van der Waals surface area contributed by atoms with E-state index in [0.29, 0.717) is 18.7 Å². The van der Waals surface area contributed by atoms with Crippen LogP contribution in [0, 0.1) is 0 Å². The van der Waals surface area contributed by atoms with Crippen LogP contribution in [0.4, 0.5) is 4.79 Å². The van der Waals surface area contributed by atoms with Gasteiger partial charge in [-0.2, -0.15) is 0 Å². The average molecular weight is 795 g/mol. The molecule has 3 aliphatic heterocycles. The van der Waals surface area contributed by atoms with E-state index >= 15 is 0 Å². The summed E-state index contributed by atoms with van der Waals surface area (Å²) < 4.78 is 2.06. The molecular weight excluding hydrogens is 745 g/mol. The van der Waals surface area contributed by atoms with Crippen LogP contribution in [-0.2, 0) is 36.1 Å². The highest BCUT2D eigenvalue weighted by Gasteiger charge is 2.51. The van der Waals surface area contributed by atoms with Crippen LogP contribution >= 0.6 is 0 Å². The largest absolute Gasteiger partial charge is 0.508 e. The molecule has 5 aromatic rings. The number of phenols is 1. The minimum absolute atomic E-state index is 0.0241. The number of benzene rings is 4. The predicted molar refractivity (Wildman–Crippen MR) is 226 cm³/mol. The molecule has 5 amide bonds. The molecule has 0 aliphatic carbocycles. The van der Waals surface area contributed by atoms with Crippen molar-refractivity contribution in [2.75, 3.05) is 52.9 Å². The molecule has 4 aromatic carbocycles. The van der Waals surface area contributed by atoms with E-state index in [1.54, 1.807) is 50.2 Å². The number of para-hydroxylation sites is 1. The Kier molecular flexibility index (Phi) is 11.2. The summed E-state index contributed by atoms with van der Waals surface area (Å²) in [6.07, 6.45) is 3.11. The zero-order chi connectivity index (χ0) is 41.2. The van der Waals surface area contributed by atoms with E-state index in [9.17, 15) is 24.3 Å². The topological polar surface area (TPSA) is 125 Å². The zero-order valence-corrected chi connectivity index (χ0v) is 33.5. The number of aromatic nitrogens is 1. The number of rotatable bonds is 10. The summed E-state index contributed by atoms with van der Waals surface area (Å²) in [5.41, 5.74) is 6.07. The van der Waals surface area contributed by atoms with Crippen LogP contribution in [0.5, 0.6) is 5.75 Å². The fourth-order valence-electron chi connectivity index (χ4n) is 8.68. The third kappa shape index (κ3) is 8.03. The van der Waals surface area contributed by atoms with Gasteiger partial charge in [-0.15, -0.1) is 6.58 Å². The van der Waals surface area contributed by atoms with Crippen molar-refractivity contribution in [3.63, 3.8) is 0 Å². The summed E-state index contributed by atoms with van der Waals surface area (Å²) in [6, 6.07) is 28.8. The van der Waals surface area contributed by atoms with E-state index in [1.807, 2.05) is 78.7 Å². The number of nitrogens with one attached hydrogen (secondary N) is 1. The summed E-state index contributed by atoms with van der Waals surface area (Å²) in [5, 5.41) is 17.3. The molecule has 3 fully saturated rings. The molecule has 8 rings (SSSR count). The van der Waals surface area contributed by atoms with E-state index in [0.717, 1.165) is 51.8 Å². The van der Waals surface area contributed by atoms with Gasteiger partial charge in [0.25, 0.3) is 5.91 Å². The van der Waals surface area contributed by atoms with Gasteiger partial charge in [-0.1, -0.05) is 78.9 Å². The summed E-state index contributed by atoms with van der Waals surface area (Å²) in [5.74, 6) is -0.368. The Morgan fingerprint density at radius 1 is 0.881 bits per heavy atom. The van der Waals surface area contributed by atoms with Crippen LogP contribution in [0.15, 0.2) is 116 Å². The second-order valence-electron chi connectivity index (χ2n) is 15.7. The molecule has 2 N–H and O–H groups in total. The molecule has 13 nitrogen and oxygen atoms in total. The van der Waals surface area contributed by atoms with Gasteiger partial charge < -0.3 is 34.6 Å². The van der Waals surface area contributed by atoms with Crippen molar-refractivity contribution in [1.29, 1.82) is 0 Å². The number of nitrogens with zero attached hydrogens (tertiary/aromatic N) is 7. The van der Waals surface area contributed by atoms with E-state index in [1.165, 1.54) is 0 Å². The highest BCUT2D eigenvalue weighted by Crippen LogP contribution is 2.35. The molecule has 4 heterocycles. The molecule has 0 bridgehead atoms. The quantitative estimate of drug-likeness (QED) is 0.197. The van der Waals surface area contributed by atoms with Gasteiger partial charge in [0.2, 0.25) is 11.8 Å². The molecule has 2 atom stereocenters. The number of carbonyl (C=O) groups is 4. The second kappa shape index (κ2) is 16.8. The first-order valence-electron chi connectivity index (χ1n) is 20.1. The Morgan fingerprint density at radius 2 is 1.63 bits per heavy atom. The number of likely N-dealkylation sites (N-methyl/N-ethyl adjacent to an activating group) is 1. The molecule has 0 saturated carbocycles. The first kappa shape index (κ1) is 39.4. The predicted octanol–water partition coefficient (Wildman–Crippen LogP) is 4.68. The van der Waals surface area contributed by atoms with Crippen LogP contribution in [0.2, 0.25) is 0 Å². The van der Waals surface area contributed by atoms with E-state index < -0.39 is 18.2 Å². The standard InChI is InChI=1S/C46H50N8O5/c1-4-20-52-31-42(56)53-40(25-32-16-18-37(55)19-17-32)45(58)51(30-41(53)54(52)46(59)47-27-33-10-6-5-7-11-33)28-36-14-9-15-38-39(29-49(3)43(36)38)34-12-8-13-35(26-34)44(57)50-23-21-48(2)22-24-50/h4-19,26,29,40-41,55H,1,20-25,27-28,30-31H2,2-3H3,(H,47,59)/t40-,41-/m0/s1. The third-order valence-electron chi connectivity index (χ3n) is 11.7. The Balaban J connectivity index is 1.13. The van der Waals surface area contributed by atoms with Crippen LogP contribution in [0.1, 0.15) is 27.0 Å². The minimum atomic E-state index is -0.912. The number of hydrazine groups is 1. The van der Waals surface area contributed by atoms with Crippen LogP contribution < -0.4 is 5.32 Å². The molecule has 0 spiro atoms. The number of hydrogen-bond acceptors (Lipinski definition) is 7. The van der Waals surface area contributed by atoms with Gasteiger partial charge in [-0.05, 0) is 53.6 Å². The van der Waals surface area contributed by atoms with Gasteiger partial charge in [0, 0.05) is 82.0 Å². The lowest BCUT2D eigenvalue weighted by Gasteiger charge is -2.55. The molecular formula is C46H50N8O5. The highest BCUT2D eigenvalue weighted by atomic mass is 16.3. The molecule has 3 saturated heterocycles. The van der Waals surface area contributed by atoms with E-state index in [2.05, 4.69) is 40.7 Å². The Hall–Kier alpha value is -6.44. The summed E-state index contributed by atoms with van der Waals surface area (Å²) in [6.45, 7) is 7.69. The van der Waals surface area contributed by atoms with Crippen LogP contribution in [0.3, 0.4) is 0 Å². The number of amides is 5. The highest BCUT2D eigenvalue weighted by molar-refractivity contribution is 6.01. The van der Waals surface area contributed by atoms with Gasteiger partial charge in [-0.3, -0.25) is 14.4 Å². The zero-order valence-electron chi connectivity index (χ0n) is 33.5. The summed E-state index contributed by atoms with van der Waals surface area (Å²) >= 11 is 0. The molecule has 1 aromatic heterocycles. The Bertz CT molecular complexity index is 2370. The number of aromatic hydroxyl groups is 1. The van der Waals surface area contributed by atoms with Crippen molar-refractivity contribution in [2.24, 2.45) is 7.05 Å². The minimum Gasteiger partial charge on any atom is -0.508 e. The van der Waals surface area contributed by atoms with Crippen molar-refractivity contribution >= 4 is 34.7 Å². The Labute approximate surface area is 344 Å². The van der Waals surface area contributed by atoms with Gasteiger partial charge in [0.1, 0.15) is 18.0 Å². The normalized spacial score (nSPS) is 18.9. The maximum atomic E-state index is 14.8. The number of fused-ring (bicyclic) bond motifs is 2. The molecule has 0 radical (unpaired) electrons. The number of urea groups is 1. The molecule has 304 valence electrons. The maximum absolute atomic E-state index is 14.8. The summed E-state index contributed by atoms with van der Waals surface area (Å²) in [7, 11) is 4.05. The first-order chi connectivity index (χ1) is 28.6. The summed E-state index contributed by atoms with van der Waals surface area (Å²) in [4.78, 5) is 64.1. The third-order valence-corrected chi connectivity index (χ3v) is 11.7. The smallest absolute Gasteiger partial charge is 0.334 e. The van der Waals surface area contributed by atoms with Gasteiger partial charge in [0.05, 0.1) is 18.6 Å². The van der Waals surface area contributed by atoms with Crippen LogP contribution in [0.25, 0.3) is 22.0 Å². The van der Waals surface area contributed by atoms with Gasteiger partial charge in [-0.25, -0.2) is 14.8 Å². The average Bonchev–Trinajstić information content (AvgIpc) is 3.59. The maximum Gasteiger partial charge on any atom is 0.334 e. The fourth-order valence-corrected chi connectivity index (χ4v) is 8.68. The van der Waals surface area contributed by atoms with Gasteiger partial charge >= 0.3 is 6.03 Å². The van der Waals surface area contributed by atoms with Crippen molar-refractivity contribution in [3.05, 3.63) is 138 Å². The van der Waals surface area contributed by atoms with E-state index in [4.69, 9.17) is 0 Å². The van der Waals surface area contributed by atoms with Crippen molar-refractivity contribution in [3.8, 4) is 16.9 Å². The lowest BCUT2D eigenvalue weighted by molar-refractivity contribution is -0.189. The van der Waals surface area contributed by atoms with Crippen molar-refractivity contribution < 1.29 is 24.3 Å². The lowest BCUT2D eigenvalue weighted by atomic mass is 9.97. The van der Waals surface area contributed by atoms with Crippen molar-refractivity contribution in [2.45, 2.75) is 31.7 Å². The number of phenolic OH excluding ortho intramolecular Hbond substituents is 1. The second-order valence-corrected chi connectivity index (χ2v) is 15.7. The number of hydrogen-bond donors (Lipinski definition) is 2. The number of aryl methyl sites for hydroxylation is 1. The Morgan fingerprint density at radius 3 is 2.37 bits per heavy atom. The molecule has 3 aliphatic rings. The molecule has 13 heteroatoms. The first-order valence-corrected chi connectivity index (χ1v) is 20.1.